The lowest BCUT2D eigenvalue weighted by atomic mass is 9.79. The number of benzene rings is 1. The third kappa shape index (κ3) is 5.33. The molecule has 4 aliphatic heterocycles. The molecule has 0 radical (unpaired) electrons. The Morgan fingerprint density at radius 1 is 1.24 bits per heavy atom. The summed E-state index contributed by atoms with van der Waals surface area (Å²) in [4.78, 5) is 75.8. The summed E-state index contributed by atoms with van der Waals surface area (Å²) in [5.41, 5.74) is 0.321. The molecular formula is C27H30N4O10S. The summed E-state index contributed by atoms with van der Waals surface area (Å²) in [5, 5.41) is 33.0. The van der Waals surface area contributed by atoms with Gasteiger partial charge in [0, 0.05) is 53.1 Å². The number of amides is 4. The van der Waals surface area contributed by atoms with E-state index in [0.29, 0.717) is 16.9 Å². The molecule has 0 bridgehead atoms. The molecule has 3 saturated heterocycles. The topological polar surface area (TPSA) is 197 Å². The Balaban J connectivity index is 1.33. The molecule has 14 nitrogen and oxygen atoms in total. The van der Waals surface area contributed by atoms with Crippen molar-refractivity contribution >= 4 is 47.2 Å². The SMILES string of the molecule is C[C@@H](O)[C@H]1C(=O)N2C(C(=O)O)=C(S[C@H]3C[C@@H](CC4CC(=O)NC4=O)N(C(=O)OCc4ccc([N+](=O)[O-])cc4)C3)[C@H](C)[C@H]12. The molecule has 4 heterocycles. The predicted octanol–water partition coefficient (Wildman–Crippen LogP) is 1.61. The first-order chi connectivity index (χ1) is 19.9. The van der Waals surface area contributed by atoms with E-state index in [4.69, 9.17) is 4.74 Å². The number of nitrogens with zero attached hydrogens (tertiary/aromatic N) is 3. The fraction of sp³-hybridized carbons (Fsp3) is 0.519. The van der Waals surface area contributed by atoms with Crippen molar-refractivity contribution in [2.45, 2.75) is 63.2 Å². The van der Waals surface area contributed by atoms with E-state index >= 15 is 0 Å². The zero-order valence-corrected chi connectivity index (χ0v) is 23.6. The number of non-ortho nitro benzene ring substituents is 1. The van der Waals surface area contributed by atoms with Crippen LogP contribution in [0.2, 0.25) is 0 Å². The molecule has 4 amide bonds. The van der Waals surface area contributed by atoms with Gasteiger partial charge in [0.25, 0.3) is 5.69 Å². The summed E-state index contributed by atoms with van der Waals surface area (Å²) < 4.78 is 5.51. The number of carboxylic acid groups (broad SMARTS) is 1. The van der Waals surface area contributed by atoms with Gasteiger partial charge in [-0.1, -0.05) is 6.92 Å². The van der Waals surface area contributed by atoms with E-state index in [2.05, 4.69) is 5.32 Å². The van der Waals surface area contributed by atoms with Crippen LogP contribution < -0.4 is 5.32 Å². The number of ether oxygens (including phenoxy) is 1. The predicted molar refractivity (Wildman–Crippen MR) is 145 cm³/mol. The van der Waals surface area contributed by atoms with E-state index < -0.39 is 58.8 Å². The van der Waals surface area contributed by atoms with Gasteiger partial charge in [0.05, 0.1) is 23.0 Å². The smallest absolute Gasteiger partial charge is 0.410 e. The first kappa shape index (κ1) is 29.5. The number of fused-ring (bicyclic) bond motifs is 1. The number of aliphatic hydroxyl groups excluding tert-OH is 1. The number of imide groups is 1. The van der Waals surface area contributed by atoms with Gasteiger partial charge in [-0.25, -0.2) is 9.59 Å². The highest BCUT2D eigenvalue weighted by atomic mass is 32.2. The molecule has 7 atom stereocenters. The quantitative estimate of drug-likeness (QED) is 0.161. The van der Waals surface area contributed by atoms with E-state index in [1.165, 1.54) is 52.8 Å². The monoisotopic (exact) mass is 602 g/mol. The van der Waals surface area contributed by atoms with Crippen molar-refractivity contribution in [3.63, 3.8) is 0 Å². The molecule has 1 unspecified atom stereocenters. The van der Waals surface area contributed by atoms with Gasteiger partial charge in [0.1, 0.15) is 12.3 Å². The maximum Gasteiger partial charge on any atom is 0.410 e. The Morgan fingerprint density at radius 3 is 2.50 bits per heavy atom. The number of rotatable bonds is 9. The average molecular weight is 603 g/mol. The zero-order chi connectivity index (χ0) is 30.5. The van der Waals surface area contributed by atoms with Crippen molar-refractivity contribution in [2.24, 2.45) is 17.8 Å². The number of aliphatic hydroxyl groups is 1. The molecule has 42 heavy (non-hydrogen) atoms. The molecule has 15 heteroatoms. The van der Waals surface area contributed by atoms with Gasteiger partial charge >= 0.3 is 12.1 Å². The summed E-state index contributed by atoms with van der Waals surface area (Å²) in [6, 6.07) is 4.61. The number of carbonyl (C=O) groups excluding carboxylic acids is 4. The van der Waals surface area contributed by atoms with Crippen molar-refractivity contribution in [3.05, 3.63) is 50.5 Å². The van der Waals surface area contributed by atoms with Crippen molar-refractivity contribution in [2.75, 3.05) is 6.54 Å². The van der Waals surface area contributed by atoms with Gasteiger partial charge in [0.2, 0.25) is 17.7 Å². The molecule has 1 aromatic rings. The van der Waals surface area contributed by atoms with Crippen LogP contribution in [0.1, 0.15) is 38.7 Å². The average Bonchev–Trinajstić information content (AvgIpc) is 3.54. The largest absolute Gasteiger partial charge is 0.477 e. The van der Waals surface area contributed by atoms with Crippen LogP contribution in [-0.2, 0) is 30.5 Å². The number of carbonyl (C=O) groups is 5. The number of carboxylic acids is 1. The summed E-state index contributed by atoms with van der Waals surface area (Å²) in [7, 11) is 0. The second-order valence-electron chi connectivity index (χ2n) is 11.1. The molecule has 0 spiro atoms. The number of β-lactam (4-membered cyclic amide) rings is 1. The molecule has 0 aliphatic carbocycles. The van der Waals surface area contributed by atoms with E-state index in [-0.39, 0.29) is 54.5 Å². The maximum absolute atomic E-state index is 13.3. The maximum atomic E-state index is 13.3. The molecule has 5 rings (SSSR count). The number of hydrogen-bond acceptors (Lipinski definition) is 10. The zero-order valence-electron chi connectivity index (χ0n) is 22.8. The van der Waals surface area contributed by atoms with Crippen molar-refractivity contribution in [3.8, 4) is 0 Å². The van der Waals surface area contributed by atoms with Crippen molar-refractivity contribution in [1.29, 1.82) is 0 Å². The van der Waals surface area contributed by atoms with E-state index in [0.717, 1.165) is 0 Å². The van der Waals surface area contributed by atoms with Gasteiger partial charge in [-0.05, 0) is 37.5 Å². The summed E-state index contributed by atoms with van der Waals surface area (Å²) in [6.07, 6.45) is -1.01. The van der Waals surface area contributed by atoms with Gasteiger partial charge in [-0.2, -0.15) is 0 Å². The highest BCUT2D eigenvalue weighted by molar-refractivity contribution is 8.03. The van der Waals surface area contributed by atoms with Crippen LogP contribution in [0.5, 0.6) is 0 Å². The number of hydrogen-bond donors (Lipinski definition) is 3. The molecule has 4 aliphatic rings. The Bertz CT molecular complexity index is 1380. The minimum atomic E-state index is -1.25. The van der Waals surface area contributed by atoms with Gasteiger partial charge in [-0.15, -0.1) is 11.8 Å². The van der Waals surface area contributed by atoms with Crippen LogP contribution in [0.3, 0.4) is 0 Å². The molecule has 224 valence electrons. The first-order valence-corrected chi connectivity index (χ1v) is 14.4. The highest BCUT2D eigenvalue weighted by Gasteiger charge is 2.60. The molecule has 3 N–H and O–H groups in total. The number of thioether (sulfide) groups is 1. The fourth-order valence-corrected chi connectivity index (χ4v) is 7.90. The lowest BCUT2D eigenvalue weighted by Gasteiger charge is -2.46. The second kappa shape index (κ2) is 11.4. The van der Waals surface area contributed by atoms with Crippen LogP contribution in [0.25, 0.3) is 0 Å². The summed E-state index contributed by atoms with van der Waals surface area (Å²) in [6.45, 7) is 3.34. The molecule has 0 aromatic heterocycles. The third-order valence-corrected chi connectivity index (χ3v) is 9.84. The van der Waals surface area contributed by atoms with Crippen molar-refractivity contribution < 1.29 is 43.8 Å². The fourth-order valence-electron chi connectivity index (χ4n) is 6.33. The third-order valence-electron chi connectivity index (χ3n) is 8.35. The van der Waals surface area contributed by atoms with Gasteiger partial charge < -0.3 is 24.7 Å². The number of nitro groups is 1. The molecule has 3 fully saturated rings. The minimum absolute atomic E-state index is 0.00363. The minimum Gasteiger partial charge on any atom is -0.477 e. The lowest BCUT2D eigenvalue weighted by Crippen LogP contribution is -2.63. The van der Waals surface area contributed by atoms with Crippen LogP contribution in [0.4, 0.5) is 10.5 Å². The Morgan fingerprint density at radius 2 is 1.93 bits per heavy atom. The van der Waals surface area contributed by atoms with E-state index in [9.17, 15) is 44.3 Å². The number of aliphatic carboxylic acids is 1. The van der Waals surface area contributed by atoms with Crippen molar-refractivity contribution in [1.82, 2.24) is 15.1 Å². The van der Waals surface area contributed by atoms with Gasteiger partial charge in [0.15, 0.2) is 0 Å². The van der Waals surface area contributed by atoms with Crippen LogP contribution in [0.15, 0.2) is 34.9 Å². The second-order valence-corrected chi connectivity index (χ2v) is 12.4. The summed E-state index contributed by atoms with van der Waals surface area (Å²) in [5.74, 6) is -4.17. The Labute approximate surface area is 244 Å². The Kier molecular flexibility index (Phi) is 7.98. The summed E-state index contributed by atoms with van der Waals surface area (Å²) >= 11 is 1.27. The van der Waals surface area contributed by atoms with E-state index in [1.54, 1.807) is 0 Å². The highest BCUT2D eigenvalue weighted by Crippen LogP contribution is 2.52. The number of nitrogens with one attached hydrogen (secondary N) is 1. The molecule has 0 saturated carbocycles. The first-order valence-electron chi connectivity index (χ1n) is 13.5. The van der Waals surface area contributed by atoms with Crippen LogP contribution >= 0.6 is 11.8 Å². The molecular weight excluding hydrogens is 572 g/mol. The normalized spacial score (nSPS) is 29.4. The van der Waals surface area contributed by atoms with Crippen LogP contribution in [0, 0.1) is 27.9 Å². The van der Waals surface area contributed by atoms with E-state index in [1.807, 2.05) is 6.92 Å². The standard InChI is InChI=1S/C27H30N4O10S/c1-12-21-20(13(2)32)25(35)30(21)22(26(36)37)23(12)42-18-9-17(7-15-8-19(33)28-24(15)34)29(10-18)27(38)41-11-14-3-5-16(6-4-14)31(39)40/h3-6,12-13,15,17-18,20-21,32H,7-11H2,1-2H3,(H,36,37)(H,28,33,34)/t12-,13-,15?,17-,18+,20-,21-/m1/s1. The Hall–Kier alpha value is -3.98. The van der Waals surface area contributed by atoms with Gasteiger partial charge in [-0.3, -0.25) is 29.8 Å². The number of nitro benzene ring substituents is 1. The molecule has 1 aromatic carbocycles. The van der Waals surface area contributed by atoms with Crippen LogP contribution in [-0.4, -0.2) is 84.7 Å². The lowest BCUT2D eigenvalue weighted by molar-refractivity contribution is -0.384. The number of likely N-dealkylation sites (tertiary alicyclic amines) is 1.